The number of halogens is 1. The Kier molecular flexibility index (Phi) is 3.28. The minimum atomic E-state index is -0.657. The summed E-state index contributed by atoms with van der Waals surface area (Å²) in [4.78, 5) is 0. The minimum absolute atomic E-state index is 0.657. The van der Waals surface area contributed by atoms with Crippen LogP contribution < -0.4 is 0 Å². The molecular formula is C16H25F. The summed E-state index contributed by atoms with van der Waals surface area (Å²) in [7, 11) is 0. The highest BCUT2D eigenvalue weighted by Gasteiger charge is 2.49. The Labute approximate surface area is 105 Å². The van der Waals surface area contributed by atoms with E-state index >= 15 is 0 Å². The maximum atomic E-state index is 13.6. The zero-order valence-corrected chi connectivity index (χ0v) is 10.9. The van der Waals surface area contributed by atoms with E-state index in [1.54, 1.807) is 0 Å². The van der Waals surface area contributed by atoms with Crippen LogP contribution in [0.3, 0.4) is 0 Å². The molecule has 3 rings (SSSR count). The SMILES string of the molecule is CCC1C2C=CC(F)CC2C2CCCCCC12. The summed E-state index contributed by atoms with van der Waals surface area (Å²) in [6.45, 7) is 2.34. The van der Waals surface area contributed by atoms with Gasteiger partial charge >= 0.3 is 0 Å². The molecule has 0 bridgehead atoms. The van der Waals surface area contributed by atoms with E-state index in [4.69, 9.17) is 0 Å². The van der Waals surface area contributed by atoms with Crippen molar-refractivity contribution < 1.29 is 4.39 Å². The van der Waals surface area contributed by atoms with E-state index in [0.29, 0.717) is 11.8 Å². The van der Waals surface area contributed by atoms with Crippen LogP contribution in [0.1, 0.15) is 51.9 Å². The lowest BCUT2D eigenvalue weighted by atomic mass is 9.78. The molecule has 6 unspecified atom stereocenters. The van der Waals surface area contributed by atoms with Crippen LogP contribution in [0.15, 0.2) is 12.2 Å². The van der Waals surface area contributed by atoms with Crippen LogP contribution in [-0.4, -0.2) is 6.17 Å². The Hall–Kier alpha value is -0.330. The molecule has 0 aliphatic heterocycles. The van der Waals surface area contributed by atoms with Crippen molar-refractivity contribution in [2.45, 2.75) is 58.0 Å². The van der Waals surface area contributed by atoms with Crippen LogP contribution in [0.25, 0.3) is 0 Å². The highest BCUT2D eigenvalue weighted by Crippen LogP contribution is 2.56. The van der Waals surface area contributed by atoms with Gasteiger partial charge in [0.25, 0.3) is 0 Å². The number of rotatable bonds is 1. The van der Waals surface area contributed by atoms with Crippen molar-refractivity contribution in [1.82, 2.24) is 0 Å². The minimum Gasteiger partial charge on any atom is -0.243 e. The van der Waals surface area contributed by atoms with Crippen molar-refractivity contribution in [1.29, 1.82) is 0 Å². The zero-order chi connectivity index (χ0) is 11.8. The fourth-order valence-corrected chi connectivity index (χ4v) is 5.10. The van der Waals surface area contributed by atoms with Gasteiger partial charge in [-0.15, -0.1) is 0 Å². The highest BCUT2D eigenvalue weighted by atomic mass is 19.1. The summed E-state index contributed by atoms with van der Waals surface area (Å²) >= 11 is 0. The molecular weight excluding hydrogens is 211 g/mol. The van der Waals surface area contributed by atoms with E-state index in [-0.39, 0.29) is 0 Å². The molecule has 3 aliphatic rings. The third-order valence-electron chi connectivity index (χ3n) is 5.72. The smallest absolute Gasteiger partial charge is 0.119 e. The first-order valence-corrected chi connectivity index (χ1v) is 7.63. The van der Waals surface area contributed by atoms with Gasteiger partial charge in [-0.2, -0.15) is 0 Å². The van der Waals surface area contributed by atoms with Gasteiger partial charge in [0, 0.05) is 0 Å². The van der Waals surface area contributed by atoms with E-state index in [1.165, 1.54) is 38.5 Å². The Morgan fingerprint density at radius 2 is 1.76 bits per heavy atom. The molecule has 0 aromatic rings. The van der Waals surface area contributed by atoms with Gasteiger partial charge < -0.3 is 0 Å². The molecule has 17 heavy (non-hydrogen) atoms. The maximum absolute atomic E-state index is 13.6. The molecule has 0 radical (unpaired) electrons. The Morgan fingerprint density at radius 1 is 1.00 bits per heavy atom. The van der Waals surface area contributed by atoms with Crippen molar-refractivity contribution in [2.75, 3.05) is 0 Å². The van der Waals surface area contributed by atoms with Gasteiger partial charge in [-0.3, -0.25) is 0 Å². The van der Waals surface area contributed by atoms with Gasteiger partial charge in [-0.05, 0) is 48.9 Å². The van der Waals surface area contributed by atoms with Crippen molar-refractivity contribution in [3.05, 3.63) is 12.2 Å². The van der Waals surface area contributed by atoms with Crippen LogP contribution >= 0.6 is 0 Å². The van der Waals surface area contributed by atoms with Gasteiger partial charge in [-0.25, -0.2) is 4.39 Å². The lowest BCUT2D eigenvalue weighted by molar-refractivity contribution is 0.210. The third kappa shape index (κ3) is 1.96. The predicted molar refractivity (Wildman–Crippen MR) is 69.5 cm³/mol. The van der Waals surface area contributed by atoms with Gasteiger partial charge in [0.15, 0.2) is 0 Å². The molecule has 0 aromatic heterocycles. The predicted octanol–water partition coefficient (Wildman–Crippen LogP) is 4.75. The molecule has 6 atom stereocenters. The molecule has 3 aliphatic carbocycles. The van der Waals surface area contributed by atoms with Crippen LogP contribution in [0, 0.1) is 29.6 Å². The van der Waals surface area contributed by atoms with Crippen molar-refractivity contribution in [3.8, 4) is 0 Å². The molecule has 1 heteroatoms. The van der Waals surface area contributed by atoms with Crippen LogP contribution in [-0.2, 0) is 0 Å². The van der Waals surface area contributed by atoms with E-state index < -0.39 is 6.17 Å². The fourth-order valence-electron chi connectivity index (χ4n) is 5.10. The number of hydrogen-bond donors (Lipinski definition) is 0. The number of fused-ring (bicyclic) bond motifs is 3. The van der Waals surface area contributed by atoms with Crippen molar-refractivity contribution in [2.24, 2.45) is 29.6 Å². The van der Waals surface area contributed by atoms with Crippen LogP contribution in [0.2, 0.25) is 0 Å². The van der Waals surface area contributed by atoms with Crippen LogP contribution in [0.4, 0.5) is 4.39 Å². The van der Waals surface area contributed by atoms with Gasteiger partial charge in [0.05, 0.1) is 0 Å². The van der Waals surface area contributed by atoms with E-state index in [0.717, 1.165) is 24.2 Å². The normalized spacial score (nSPS) is 49.5. The Balaban J connectivity index is 1.87. The molecule has 2 saturated carbocycles. The number of hydrogen-bond acceptors (Lipinski definition) is 0. The monoisotopic (exact) mass is 236 g/mol. The second-order valence-corrected chi connectivity index (χ2v) is 6.42. The zero-order valence-electron chi connectivity index (χ0n) is 10.9. The first-order chi connectivity index (χ1) is 8.31. The van der Waals surface area contributed by atoms with Crippen molar-refractivity contribution >= 4 is 0 Å². The third-order valence-corrected chi connectivity index (χ3v) is 5.72. The molecule has 0 spiro atoms. The second-order valence-electron chi connectivity index (χ2n) is 6.42. The first kappa shape index (κ1) is 11.7. The summed E-state index contributed by atoms with van der Waals surface area (Å²) in [6, 6.07) is 0. The van der Waals surface area contributed by atoms with E-state index in [1.807, 2.05) is 6.08 Å². The van der Waals surface area contributed by atoms with Crippen LogP contribution in [0.5, 0.6) is 0 Å². The lowest BCUT2D eigenvalue weighted by Crippen LogP contribution is -2.23. The average molecular weight is 236 g/mol. The molecule has 96 valence electrons. The molecule has 0 heterocycles. The first-order valence-electron chi connectivity index (χ1n) is 7.63. The van der Waals surface area contributed by atoms with Gasteiger partial charge in [-0.1, -0.05) is 44.8 Å². The summed E-state index contributed by atoms with van der Waals surface area (Å²) in [5.41, 5.74) is 0. The average Bonchev–Trinajstić information content (AvgIpc) is 2.51. The Morgan fingerprint density at radius 3 is 2.53 bits per heavy atom. The number of allylic oxidation sites excluding steroid dienone is 2. The Bertz CT molecular complexity index is 296. The van der Waals surface area contributed by atoms with Gasteiger partial charge in [0.2, 0.25) is 0 Å². The second kappa shape index (κ2) is 4.74. The lowest BCUT2D eigenvalue weighted by Gasteiger charge is -2.28. The molecule has 0 N–H and O–H groups in total. The van der Waals surface area contributed by atoms with E-state index in [2.05, 4.69) is 13.0 Å². The van der Waals surface area contributed by atoms with Crippen molar-refractivity contribution in [3.63, 3.8) is 0 Å². The maximum Gasteiger partial charge on any atom is 0.119 e. The highest BCUT2D eigenvalue weighted by molar-refractivity contribution is 5.11. The quantitative estimate of drug-likeness (QED) is 0.576. The molecule has 0 saturated heterocycles. The molecule has 0 nitrogen and oxygen atoms in total. The molecule has 0 amide bonds. The summed E-state index contributed by atoms with van der Waals surface area (Å²) in [6.07, 6.45) is 12.6. The molecule has 0 aromatic carbocycles. The summed E-state index contributed by atoms with van der Waals surface area (Å²) < 4.78 is 13.6. The topological polar surface area (TPSA) is 0 Å². The van der Waals surface area contributed by atoms with Gasteiger partial charge in [0.1, 0.15) is 6.17 Å². The standard InChI is InChI=1S/C16H25F/c1-2-12-13-6-4-3-5-7-14(13)16-10-11(17)8-9-15(12)16/h8-9,11-16H,2-7,10H2,1H3. The largest absolute Gasteiger partial charge is 0.243 e. The number of alkyl halides is 1. The summed E-state index contributed by atoms with van der Waals surface area (Å²) in [5.74, 6) is 3.98. The summed E-state index contributed by atoms with van der Waals surface area (Å²) in [5, 5.41) is 0. The van der Waals surface area contributed by atoms with E-state index in [9.17, 15) is 4.39 Å². The fraction of sp³-hybridized carbons (Fsp3) is 0.875. The molecule has 2 fully saturated rings.